The van der Waals surface area contributed by atoms with E-state index in [1.165, 1.54) is 0 Å². The van der Waals surface area contributed by atoms with Crippen LogP contribution >= 0.6 is 0 Å². The van der Waals surface area contributed by atoms with Gasteiger partial charge in [-0.3, -0.25) is 0 Å². The van der Waals surface area contributed by atoms with E-state index in [4.69, 9.17) is 11.5 Å². The predicted octanol–water partition coefficient (Wildman–Crippen LogP) is 0.776. The van der Waals surface area contributed by atoms with Gasteiger partial charge in [-0.25, -0.2) is 4.79 Å². The third-order valence-electron chi connectivity index (χ3n) is 1.62. The Labute approximate surface area is 82.0 Å². The van der Waals surface area contributed by atoms with Crippen LogP contribution in [0.25, 0.3) is 0 Å². The average Bonchev–Trinajstić information content (AvgIpc) is 2.15. The molecule has 1 aromatic carbocycles. The van der Waals surface area contributed by atoms with E-state index in [1.807, 2.05) is 18.2 Å². The number of nitrogen functional groups attached to an aromatic ring is 1. The lowest BCUT2D eigenvalue weighted by molar-refractivity contribution is 0.161. The minimum absolute atomic E-state index is 0.226. The molecule has 0 aromatic heterocycles. The van der Waals surface area contributed by atoms with Crippen molar-refractivity contribution >= 4 is 17.5 Å². The van der Waals surface area contributed by atoms with Crippen LogP contribution < -0.4 is 16.8 Å². The molecule has 1 aromatic rings. The molecule has 0 radical (unpaired) electrons. The lowest BCUT2D eigenvalue weighted by Crippen LogP contribution is -2.18. The van der Waals surface area contributed by atoms with E-state index in [1.54, 1.807) is 6.07 Å². The highest BCUT2D eigenvalue weighted by Gasteiger charge is 1.96. The number of ether oxygens (including phenoxy) is 1. The van der Waals surface area contributed by atoms with Crippen molar-refractivity contribution in [3.8, 4) is 0 Å². The lowest BCUT2D eigenvalue weighted by Gasteiger charge is -2.08. The van der Waals surface area contributed by atoms with Gasteiger partial charge in [0.2, 0.25) is 0 Å². The highest BCUT2D eigenvalue weighted by molar-refractivity contribution is 5.66. The molecule has 5 N–H and O–H groups in total. The van der Waals surface area contributed by atoms with Gasteiger partial charge < -0.3 is 21.5 Å². The number of nitrogens with two attached hydrogens (primary N) is 2. The number of hydrogen-bond donors (Lipinski definition) is 3. The van der Waals surface area contributed by atoms with Gasteiger partial charge in [-0.2, -0.15) is 0 Å². The first kappa shape index (κ1) is 10.2. The van der Waals surface area contributed by atoms with Crippen LogP contribution in [0.1, 0.15) is 0 Å². The molecule has 0 saturated carbocycles. The van der Waals surface area contributed by atoms with Crippen LogP contribution in [-0.4, -0.2) is 19.2 Å². The van der Waals surface area contributed by atoms with Crippen LogP contribution in [0, 0.1) is 0 Å². The fourth-order valence-corrected chi connectivity index (χ4v) is 0.995. The van der Waals surface area contributed by atoms with Crippen molar-refractivity contribution in [2.24, 2.45) is 5.73 Å². The summed E-state index contributed by atoms with van der Waals surface area (Å²) in [4.78, 5) is 10.2. The second-order valence-electron chi connectivity index (χ2n) is 2.68. The van der Waals surface area contributed by atoms with Gasteiger partial charge in [-0.15, -0.1) is 0 Å². The second-order valence-corrected chi connectivity index (χ2v) is 2.68. The molecule has 0 heterocycles. The molecule has 0 aliphatic heterocycles. The summed E-state index contributed by atoms with van der Waals surface area (Å²) in [6.45, 7) is 0.709. The molecule has 0 spiro atoms. The Bertz CT molecular complexity index is 315. The SMILES string of the molecule is NC(=O)OCCNc1ccccc1N. The maximum Gasteiger partial charge on any atom is 0.404 e. The highest BCUT2D eigenvalue weighted by atomic mass is 16.5. The Hall–Kier alpha value is -1.91. The molecule has 1 rings (SSSR count). The number of para-hydroxylation sites is 2. The van der Waals surface area contributed by atoms with Crippen LogP contribution in [0.4, 0.5) is 16.2 Å². The Morgan fingerprint density at radius 3 is 2.79 bits per heavy atom. The number of benzene rings is 1. The molecule has 5 nitrogen and oxygen atoms in total. The average molecular weight is 195 g/mol. The van der Waals surface area contributed by atoms with Gasteiger partial charge in [0.05, 0.1) is 11.4 Å². The third kappa shape index (κ3) is 3.22. The van der Waals surface area contributed by atoms with Crippen molar-refractivity contribution in [3.63, 3.8) is 0 Å². The normalized spacial score (nSPS) is 9.43. The third-order valence-corrected chi connectivity index (χ3v) is 1.62. The number of amides is 1. The van der Waals surface area contributed by atoms with E-state index in [-0.39, 0.29) is 6.61 Å². The van der Waals surface area contributed by atoms with Crippen molar-refractivity contribution < 1.29 is 9.53 Å². The fraction of sp³-hybridized carbons (Fsp3) is 0.222. The summed E-state index contributed by atoms with van der Waals surface area (Å²) < 4.78 is 4.54. The smallest absolute Gasteiger partial charge is 0.404 e. The second kappa shape index (κ2) is 4.96. The number of anilines is 2. The fourth-order valence-electron chi connectivity index (χ4n) is 0.995. The standard InChI is InChI=1S/C9H13N3O2/c10-7-3-1-2-4-8(7)12-5-6-14-9(11)13/h1-4,12H,5-6,10H2,(H2,11,13). The summed E-state index contributed by atoms with van der Waals surface area (Å²) in [5.74, 6) is 0. The van der Waals surface area contributed by atoms with Crippen LogP contribution in [0.2, 0.25) is 0 Å². The zero-order chi connectivity index (χ0) is 10.4. The Morgan fingerprint density at radius 1 is 1.43 bits per heavy atom. The molecule has 1 amide bonds. The summed E-state index contributed by atoms with van der Waals surface area (Å²) in [5.41, 5.74) is 11.9. The number of carbonyl (C=O) groups excluding carboxylic acids is 1. The van der Waals surface area contributed by atoms with E-state index < -0.39 is 6.09 Å². The minimum atomic E-state index is -0.771. The van der Waals surface area contributed by atoms with Crippen molar-refractivity contribution in [2.45, 2.75) is 0 Å². The minimum Gasteiger partial charge on any atom is -0.448 e. The predicted molar refractivity (Wildman–Crippen MR) is 54.9 cm³/mol. The molecular weight excluding hydrogens is 182 g/mol. The first-order valence-corrected chi connectivity index (χ1v) is 4.21. The van der Waals surface area contributed by atoms with Crippen molar-refractivity contribution in [1.82, 2.24) is 0 Å². The van der Waals surface area contributed by atoms with Gasteiger partial charge in [-0.1, -0.05) is 12.1 Å². The van der Waals surface area contributed by atoms with Gasteiger partial charge in [0.1, 0.15) is 6.61 Å². The number of primary amides is 1. The highest BCUT2D eigenvalue weighted by Crippen LogP contribution is 2.15. The topological polar surface area (TPSA) is 90.4 Å². The summed E-state index contributed by atoms with van der Waals surface area (Å²) in [6.07, 6.45) is -0.771. The molecule has 0 aliphatic rings. The number of carbonyl (C=O) groups is 1. The zero-order valence-electron chi connectivity index (χ0n) is 7.69. The van der Waals surface area contributed by atoms with Gasteiger partial charge in [0.25, 0.3) is 0 Å². The van der Waals surface area contributed by atoms with Crippen molar-refractivity contribution in [1.29, 1.82) is 0 Å². The van der Waals surface area contributed by atoms with E-state index in [2.05, 4.69) is 10.1 Å². The van der Waals surface area contributed by atoms with Crippen LogP contribution in [0.5, 0.6) is 0 Å². The molecule has 0 fully saturated rings. The Kier molecular flexibility index (Phi) is 3.60. The molecule has 0 atom stereocenters. The number of nitrogens with one attached hydrogen (secondary N) is 1. The Balaban J connectivity index is 2.31. The molecule has 0 unspecified atom stereocenters. The van der Waals surface area contributed by atoms with Gasteiger partial charge >= 0.3 is 6.09 Å². The summed E-state index contributed by atoms with van der Waals surface area (Å²) in [6, 6.07) is 7.35. The van der Waals surface area contributed by atoms with E-state index in [0.29, 0.717) is 12.2 Å². The molecule has 14 heavy (non-hydrogen) atoms. The van der Waals surface area contributed by atoms with Crippen molar-refractivity contribution in [2.75, 3.05) is 24.2 Å². The van der Waals surface area contributed by atoms with Crippen LogP contribution in [-0.2, 0) is 4.74 Å². The monoisotopic (exact) mass is 195 g/mol. The molecule has 0 aliphatic carbocycles. The number of hydrogen-bond acceptors (Lipinski definition) is 4. The molecule has 76 valence electrons. The summed E-state index contributed by atoms with van der Waals surface area (Å²) in [5, 5.41) is 3.01. The maximum absolute atomic E-state index is 10.2. The van der Waals surface area contributed by atoms with Crippen LogP contribution in [0.15, 0.2) is 24.3 Å². The first-order valence-electron chi connectivity index (χ1n) is 4.21. The Morgan fingerprint density at radius 2 is 2.14 bits per heavy atom. The maximum atomic E-state index is 10.2. The van der Waals surface area contributed by atoms with E-state index in [0.717, 1.165) is 5.69 Å². The molecule has 0 saturated heterocycles. The van der Waals surface area contributed by atoms with Gasteiger partial charge in [0, 0.05) is 6.54 Å². The van der Waals surface area contributed by atoms with Gasteiger partial charge in [0.15, 0.2) is 0 Å². The summed E-state index contributed by atoms with van der Waals surface area (Å²) in [7, 11) is 0. The largest absolute Gasteiger partial charge is 0.448 e. The van der Waals surface area contributed by atoms with Crippen LogP contribution in [0.3, 0.4) is 0 Å². The van der Waals surface area contributed by atoms with E-state index in [9.17, 15) is 4.79 Å². The number of rotatable bonds is 4. The first-order chi connectivity index (χ1) is 6.70. The molecular formula is C9H13N3O2. The zero-order valence-corrected chi connectivity index (χ0v) is 7.69. The van der Waals surface area contributed by atoms with E-state index >= 15 is 0 Å². The lowest BCUT2D eigenvalue weighted by atomic mass is 10.3. The summed E-state index contributed by atoms with van der Waals surface area (Å²) >= 11 is 0. The van der Waals surface area contributed by atoms with Crippen molar-refractivity contribution in [3.05, 3.63) is 24.3 Å². The molecule has 5 heteroatoms. The van der Waals surface area contributed by atoms with Gasteiger partial charge in [-0.05, 0) is 12.1 Å². The quantitative estimate of drug-likeness (QED) is 0.489. The molecule has 0 bridgehead atoms.